The molecule has 1 aromatic carbocycles. The Hall–Kier alpha value is -1.40. The highest BCUT2D eigenvalue weighted by Crippen LogP contribution is 2.28. The first-order chi connectivity index (χ1) is 9.86. The van der Waals surface area contributed by atoms with Crippen LogP contribution in [0.5, 0.6) is 5.75 Å². The van der Waals surface area contributed by atoms with Crippen molar-refractivity contribution in [3.8, 4) is 5.75 Å². The molecule has 0 aliphatic carbocycles. The van der Waals surface area contributed by atoms with Gasteiger partial charge in [-0.3, -0.25) is 9.35 Å². The number of carbonyl (C=O) groups excluding carboxylic acids is 1. The summed E-state index contributed by atoms with van der Waals surface area (Å²) >= 11 is 0. The van der Waals surface area contributed by atoms with Gasteiger partial charge in [0.05, 0.1) is 0 Å². The molecule has 0 saturated carbocycles. The molecule has 0 amide bonds. The fourth-order valence-corrected chi connectivity index (χ4v) is 2.68. The normalized spacial score (nSPS) is 11.4. The molecule has 5 nitrogen and oxygen atoms in total. The predicted molar refractivity (Wildman–Crippen MR) is 80.0 cm³/mol. The van der Waals surface area contributed by atoms with E-state index < -0.39 is 16.1 Å². The molecule has 0 aromatic heterocycles. The summed E-state index contributed by atoms with van der Waals surface area (Å²) < 4.78 is 36.9. The summed E-state index contributed by atoms with van der Waals surface area (Å²) in [5, 5.41) is 0. The summed E-state index contributed by atoms with van der Waals surface area (Å²) in [4.78, 5) is 11.4. The van der Waals surface area contributed by atoms with Crippen molar-refractivity contribution in [2.24, 2.45) is 0 Å². The number of carbonyl (C=O) groups is 1. The van der Waals surface area contributed by atoms with E-state index in [2.05, 4.69) is 6.92 Å². The van der Waals surface area contributed by atoms with Crippen LogP contribution in [0.3, 0.4) is 0 Å². The van der Waals surface area contributed by atoms with Gasteiger partial charge in [-0.25, -0.2) is 0 Å². The Morgan fingerprint density at radius 1 is 1.19 bits per heavy atom. The number of rotatable bonds is 8. The zero-order chi connectivity index (χ0) is 15.9. The molecule has 1 N–H and O–H groups in total. The summed E-state index contributed by atoms with van der Waals surface area (Å²) in [7, 11) is -4.41. The van der Waals surface area contributed by atoms with Crippen LogP contribution in [0.4, 0.5) is 0 Å². The van der Waals surface area contributed by atoms with Gasteiger partial charge in [0.2, 0.25) is 0 Å². The topological polar surface area (TPSA) is 80.7 Å². The van der Waals surface area contributed by atoms with E-state index in [4.69, 9.17) is 9.29 Å². The second-order valence-electron chi connectivity index (χ2n) is 5.02. The van der Waals surface area contributed by atoms with Crippen LogP contribution in [0, 0.1) is 6.92 Å². The summed E-state index contributed by atoms with van der Waals surface area (Å²) in [6, 6.07) is 4.32. The molecule has 0 spiro atoms. The third-order valence-corrected chi connectivity index (χ3v) is 4.03. The average molecular weight is 314 g/mol. The maximum atomic E-state index is 11.8. The highest BCUT2D eigenvalue weighted by atomic mass is 32.2. The third-order valence-electron chi connectivity index (χ3n) is 3.15. The molecule has 0 bridgehead atoms. The van der Waals surface area contributed by atoms with Gasteiger partial charge < -0.3 is 4.74 Å². The molecular weight excluding hydrogens is 292 g/mol. The lowest BCUT2D eigenvalue weighted by Crippen LogP contribution is -2.12. The van der Waals surface area contributed by atoms with Gasteiger partial charge in [0.1, 0.15) is 4.90 Å². The van der Waals surface area contributed by atoms with Gasteiger partial charge in [0, 0.05) is 6.42 Å². The number of ether oxygens (including phenoxy) is 1. The molecule has 1 rings (SSSR count). The van der Waals surface area contributed by atoms with E-state index in [0.717, 1.165) is 25.7 Å². The van der Waals surface area contributed by atoms with Crippen LogP contribution in [-0.2, 0) is 14.9 Å². The fourth-order valence-electron chi connectivity index (χ4n) is 2.00. The van der Waals surface area contributed by atoms with Crippen molar-refractivity contribution in [2.45, 2.75) is 57.3 Å². The van der Waals surface area contributed by atoms with Gasteiger partial charge in [0.15, 0.2) is 5.75 Å². The Bertz CT molecular complexity index is 578. The highest BCUT2D eigenvalue weighted by Gasteiger charge is 2.20. The molecule has 21 heavy (non-hydrogen) atoms. The van der Waals surface area contributed by atoms with E-state index in [9.17, 15) is 13.2 Å². The van der Waals surface area contributed by atoms with Crippen molar-refractivity contribution in [3.05, 3.63) is 23.8 Å². The summed E-state index contributed by atoms with van der Waals surface area (Å²) in [5.74, 6) is -0.566. The number of esters is 1. The van der Waals surface area contributed by atoms with E-state index in [1.165, 1.54) is 12.1 Å². The van der Waals surface area contributed by atoms with Crippen molar-refractivity contribution >= 4 is 16.1 Å². The lowest BCUT2D eigenvalue weighted by atomic mass is 10.1. The van der Waals surface area contributed by atoms with Crippen molar-refractivity contribution in [3.63, 3.8) is 0 Å². The standard InChI is InChI=1S/C15H22O5S/c1-3-4-5-6-7-11-14(16)20-15-12(2)9-8-10-13(15)21(17,18)19/h8-10H,3-7,11H2,1-2H3,(H,17,18,19). The average Bonchev–Trinajstić information content (AvgIpc) is 2.39. The largest absolute Gasteiger partial charge is 0.425 e. The quantitative estimate of drug-likeness (QED) is 0.344. The summed E-state index contributed by atoms with van der Waals surface area (Å²) in [6.07, 6.45) is 5.24. The number of hydrogen-bond acceptors (Lipinski definition) is 4. The van der Waals surface area contributed by atoms with Crippen molar-refractivity contribution in [2.75, 3.05) is 0 Å². The summed E-state index contributed by atoms with van der Waals surface area (Å²) in [5.41, 5.74) is 0.490. The van der Waals surface area contributed by atoms with Crippen molar-refractivity contribution < 1.29 is 22.5 Å². The first kappa shape index (κ1) is 17.7. The van der Waals surface area contributed by atoms with Crippen LogP contribution in [0.15, 0.2) is 23.1 Å². The molecule has 1 aromatic rings. The number of para-hydroxylation sites is 1. The molecule has 0 aliphatic rings. The van der Waals surface area contributed by atoms with Crippen molar-refractivity contribution in [1.82, 2.24) is 0 Å². The second-order valence-corrected chi connectivity index (χ2v) is 6.41. The van der Waals surface area contributed by atoms with Gasteiger partial charge in [-0.2, -0.15) is 8.42 Å². The minimum atomic E-state index is -4.41. The Balaban J connectivity index is 2.68. The lowest BCUT2D eigenvalue weighted by Gasteiger charge is -2.10. The molecule has 118 valence electrons. The molecule has 0 unspecified atom stereocenters. The van der Waals surface area contributed by atoms with E-state index in [-0.39, 0.29) is 17.1 Å². The van der Waals surface area contributed by atoms with Crippen LogP contribution in [0.25, 0.3) is 0 Å². The van der Waals surface area contributed by atoms with Crippen LogP contribution < -0.4 is 4.74 Å². The van der Waals surface area contributed by atoms with E-state index >= 15 is 0 Å². The van der Waals surface area contributed by atoms with E-state index in [0.29, 0.717) is 12.0 Å². The van der Waals surface area contributed by atoms with E-state index in [1.54, 1.807) is 13.0 Å². The van der Waals surface area contributed by atoms with Gasteiger partial charge in [-0.05, 0) is 25.0 Å². The van der Waals surface area contributed by atoms with Crippen LogP contribution in [-0.4, -0.2) is 18.9 Å². The molecule has 0 heterocycles. The molecule has 6 heteroatoms. The predicted octanol–water partition coefficient (Wildman–Crippen LogP) is 3.51. The molecular formula is C15H22O5S. The monoisotopic (exact) mass is 314 g/mol. The smallest absolute Gasteiger partial charge is 0.311 e. The van der Waals surface area contributed by atoms with Gasteiger partial charge in [0.25, 0.3) is 10.1 Å². The maximum absolute atomic E-state index is 11.8. The van der Waals surface area contributed by atoms with Crippen LogP contribution in [0.1, 0.15) is 51.0 Å². The molecule has 0 fully saturated rings. The SMILES string of the molecule is CCCCCCCC(=O)Oc1c(C)cccc1S(=O)(=O)O. The molecule has 0 saturated heterocycles. The number of benzene rings is 1. The number of aryl methyl sites for hydroxylation is 1. The number of hydrogen-bond donors (Lipinski definition) is 1. The molecule has 0 atom stereocenters. The van der Waals surface area contributed by atoms with Gasteiger partial charge in [-0.1, -0.05) is 44.7 Å². The molecule has 0 radical (unpaired) electrons. The maximum Gasteiger partial charge on any atom is 0.311 e. The fraction of sp³-hybridized carbons (Fsp3) is 0.533. The zero-order valence-corrected chi connectivity index (χ0v) is 13.3. The van der Waals surface area contributed by atoms with Crippen LogP contribution >= 0.6 is 0 Å². The van der Waals surface area contributed by atoms with Crippen LogP contribution in [0.2, 0.25) is 0 Å². The third kappa shape index (κ3) is 5.85. The Morgan fingerprint density at radius 3 is 2.48 bits per heavy atom. The Labute approximate surface area is 126 Å². The highest BCUT2D eigenvalue weighted by molar-refractivity contribution is 7.86. The van der Waals surface area contributed by atoms with Gasteiger partial charge >= 0.3 is 5.97 Å². The van der Waals surface area contributed by atoms with E-state index in [1.807, 2.05) is 0 Å². The second kappa shape index (κ2) is 8.14. The molecule has 0 aliphatic heterocycles. The van der Waals surface area contributed by atoms with Gasteiger partial charge in [-0.15, -0.1) is 0 Å². The minimum absolute atomic E-state index is 0.0847. The Morgan fingerprint density at radius 2 is 1.86 bits per heavy atom. The first-order valence-electron chi connectivity index (χ1n) is 7.14. The zero-order valence-electron chi connectivity index (χ0n) is 12.5. The summed E-state index contributed by atoms with van der Waals surface area (Å²) in [6.45, 7) is 3.74. The van der Waals surface area contributed by atoms with Crippen molar-refractivity contribution in [1.29, 1.82) is 0 Å². The lowest BCUT2D eigenvalue weighted by molar-refractivity contribution is -0.134. The minimum Gasteiger partial charge on any atom is -0.425 e. The number of unbranched alkanes of at least 4 members (excludes halogenated alkanes) is 4. The first-order valence-corrected chi connectivity index (χ1v) is 8.58. The Kier molecular flexibility index (Phi) is 6.84.